The van der Waals surface area contributed by atoms with Crippen LogP contribution in [-0.4, -0.2) is 16.0 Å². The topological polar surface area (TPSA) is 93.2 Å². The van der Waals surface area contributed by atoms with Gasteiger partial charge in [0.15, 0.2) is 12.0 Å². The number of aromatic nitrogens is 2. The van der Waals surface area contributed by atoms with Gasteiger partial charge in [-0.15, -0.1) is 0 Å². The van der Waals surface area contributed by atoms with Gasteiger partial charge in [0, 0.05) is 17.3 Å². The molecular formula is C18H14N4O3. The fraction of sp³-hybridized carbons (Fsp3) is 0.0556. The van der Waals surface area contributed by atoms with Gasteiger partial charge in [0.2, 0.25) is 5.89 Å². The van der Waals surface area contributed by atoms with Crippen molar-refractivity contribution in [3.05, 3.63) is 66.9 Å². The molecule has 124 valence electrons. The molecule has 0 spiro atoms. The third kappa shape index (κ3) is 3.35. The average molecular weight is 334 g/mol. The normalized spacial score (nSPS) is 10.7. The molecule has 0 atom stereocenters. The lowest BCUT2D eigenvalue weighted by Crippen LogP contribution is -2.27. The molecule has 0 saturated carbocycles. The van der Waals surface area contributed by atoms with E-state index >= 15 is 0 Å². The maximum absolute atomic E-state index is 11.9. The van der Waals surface area contributed by atoms with Crippen molar-refractivity contribution in [2.75, 3.05) is 5.32 Å². The molecule has 0 fully saturated rings. The van der Waals surface area contributed by atoms with Crippen molar-refractivity contribution in [2.45, 2.75) is 6.54 Å². The zero-order chi connectivity index (χ0) is 17.1. The number of amides is 2. The first-order chi connectivity index (χ1) is 12.3. The Labute approximate surface area is 142 Å². The number of nitrogens with zero attached hydrogens (tertiary/aromatic N) is 2. The van der Waals surface area contributed by atoms with E-state index in [0.29, 0.717) is 22.9 Å². The summed E-state index contributed by atoms with van der Waals surface area (Å²) in [6.07, 6.45) is 2.86. The molecule has 2 amide bonds. The van der Waals surface area contributed by atoms with E-state index in [-0.39, 0.29) is 12.6 Å². The number of fused-ring (bicyclic) bond motifs is 1. The van der Waals surface area contributed by atoms with Crippen LogP contribution in [0.2, 0.25) is 0 Å². The Morgan fingerprint density at radius 1 is 1.12 bits per heavy atom. The molecule has 0 radical (unpaired) electrons. The van der Waals surface area contributed by atoms with E-state index in [4.69, 9.17) is 8.83 Å². The zero-order valence-corrected chi connectivity index (χ0v) is 13.1. The SMILES string of the molecule is O=C(NCc1cnco1)Nc1ccc2nc(-c3ccccc3)oc2c1. The third-order valence-electron chi connectivity index (χ3n) is 3.57. The van der Waals surface area contributed by atoms with Gasteiger partial charge in [0.05, 0.1) is 12.7 Å². The summed E-state index contributed by atoms with van der Waals surface area (Å²) in [4.78, 5) is 20.2. The van der Waals surface area contributed by atoms with Crippen LogP contribution in [0.15, 0.2) is 70.0 Å². The van der Waals surface area contributed by atoms with Crippen molar-refractivity contribution >= 4 is 22.8 Å². The highest BCUT2D eigenvalue weighted by molar-refractivity contribution is 5.91. The molecule has 7 heteroatoms. The fourth-order valence-electron chi connectivity index (χ4n) is 2.38. The summed E-state index contributed by atoms with van der Waals surface area (Å²) < 4.78 is 10.8. The standard InChI is InChI=1S/C18H14N4O3/c23-18(20-10-14-9-19-11-24-14)21-13-6-7-15-16(8-13)25-17(22-15)12-4-2-1-3-5-12/h1-9,11H,10H2,(H2,20,21,23). The van der Waals surface area contributed by atoms with Crippen molar-refractivity contribution in [3.63, 3.8) is 0 Å². The molecule has 0 aliphatic rings. The van der Waals surface area contributed by atoms with Gasteiger partial charge < -0.3 is 19.5 Å². The van der Waals surface area contributed by atoms with E-state index in [1.165, 1.54) is 6.39 Å². The Balaban J connectivity index is 1.48. The van der Waals surface area contributed by atoms with E-state index in [0.717, 1.165) is 11.1 Å². The van der Waals surface area contributed by atoms with Crippen LogP contribution in [-0.2, 0) is 6.54 Å². The van der Waals surface area contributed by atoms with Gasteiger partial charge in [-0.3, -0.25) is 0 Å². The van der Waals surface area contributed by atoms with Crippen LogP contribution in [0.3, 0.4) is 0 Å². The number of anilines is 1. The summed E-state index contributed by atoms with van der Waals surface area (Å²) in [5.41, 5.74) is 2.84. The fourth-order valence-corrected chi connectivity index (χ4v) is 2.38. The quantitative estimate of drug-likeness (QED) is 0.592. The van der Waals surface area contributed by atoms with Crippen molar-refractivity contribution in [2.24, 2.45) is 0 Å². The van der Waals surface area contributed by atoms with Crippen LogP contribution in [0.1, 0.15) is 5.76 Å². The molecule has 2 aromatic carbocycles. The number of benzene rings is 2. The Morgan fingerprint density at radius 3 is 2.80 bits per heavy atom. The number of oxazole rings is 2. The van der Waals surface area contributed by atoms with Crippen LogP contribution in [0.4, 0.5) is 10.5 Å². The van der Waals surface area contributed by atoms with Gasteiger partial charge in [-0.05, 0) is 24.3 Å². The maximum Gasteiger partial charge on any atom is 0.319 e. The molecule has 0 saturated heterocycles. The Hall–Kier alpha value is -3.61. The van der Waals surface area contributed by atoms with E-state index < -0.39 is 0 Å². The second-order valence-corrected chi connectivity index (χ2v) is 5.34. The predicted molar refractivity (Wildman–Crippen MR) is 91.8 cm³/mol. The number of carbonyl (C=O) groups is 1. The summed E-state index contributed by atoms with van der Waals surface area (Å²) in [6.45, 7) is 0.258. The van der Waals surface area contributed by atoms with Gasteiger partial charge in [-0.1, -0.05) is 18.2 Å². The maximum atomic E-state index is 11.9. The number of hydrogen-bond acceptors (Lipinski definition) is 5. The third-order valence-corrected chi connectivity index (χ3v) is 3.57. The van der Waals surface area contributed by atoms with Crippen LogP contribution in [0.5, 0.6) is 0 Å². The summed E-state index contributed by atoms with van der Waals surface area (Å²) in [5, 5.41) is 5.43. The predicted octanol–water partition coefficient (Wildman–Crippen LogP) is 3.80. The number of urea groups is 1. The lowest BCUT2D eigenvalue weighted by Gasteiger charge is -2.05. The van der Waals surface area contributed by atoms with Crippen LogP contribution in [0.25, 0.3) is 22.6 Å². The van der Waals surface area contributed by atoms with Crippen molar-refractivity contribution < 1.29 is 13.6 Å². The minimum atomic E-state index is -0.349. The summed E-state index contributed by atoms with van der Waals surface area (Å²) in [7, 11) is 0. The highest BCUT2D eigenvalue weighted by Crippen LogP contribution is 2.26. The first kappa shape index (κ1) is 14.9. The molecule has 2 aromatic heterocycles. The van der Waals surface area contributed by atoms with Gasteiger partial charge in [-0.2, -0.15) is 0 Å². The lowest BCUT2D eigenvalue weighted by atomic mass is 10.2. The van der Waals surface area contributed by atoms with Crippen LogP contribution in [0, 0.1) is 0 Å². The molecule has 25 heavy (non-hydrogen) atoms. The highest BCUT2D eigenvalue weighted by atomic mass is 16.3. The minimum absolute atomic E-state index is 0.258. The Kier molecular flexibility index (Phi) is 3.88. The van der Waals surface area contributed by atoms with Crippen LogP contribution >= 0.6 is 0 Å². The number of nitrogens with one attached hydrogen (secondary N) is 2. The first-order valence-electron chi connectivity index (χ1n) is 7.66. The van der Waals surface area contributed by atoms with Gasteiger partial charge >= 0.3 is 6.03 Å². The van der Waals surface area contributed by atoms with Gasteiger partial charge in [0.25, 0.3) is 0 Å². The van der Waals surface area contributed by atoms with E-state index in [2.05, 4.69) is 20.6 Å². The number of carbonyl (C=O) groups excluding carboxylic acids is 1. The first-order valence-corrected chi connectivity index (χ1v) is 7.66. The summed E-state index contributed by atoms with van der Waals surface area (Å²) in [6, 6.07) is 14.6. The average Bonchev–Trinajstić information content (AvgIpc) is 3.30. The molecule has 4 rings (SSSR count). The van der Waals surface area contributed by atoms with Gasteiger partial charge in [-0.25, -0.2) is 14.8 Å². The zero-order valence-electron chi connectivity index (χ0n) is 13.1. The van der Waals surface area contributed by atoms with Crippen molar-refractivity contribution in [1.29, 1.82) is 0 Å². The molecule has 0 aliphatic heterocycles. The van der Waals surface area contributed by atoms with E-state index in [1.807, 2.05) is 30.3 Å². The molecule has 2 N–H and O–H groups in total. The van der Waals surface area contributed by atoms with Crippen LogP contribution < -0.4 is 10.6 Å². The number of rotatable bonds is 4. The monoisotopic (exact) mass is 334 g/mol. The smallest absolute Gasteiger partial charge is 0.319 e. The molecule has 0 unspecified atom stereocenters. The van der Waals surface area contributed by atoms with Crippen molar-refractivity contribution in [1.82, 2.24) is 15.3 Å². The van der Waals surface area contributed by atoms with E-state index in [9.17, 15) is 4.79 Å². The number of hydrogen-bond donors (Lipinski definition) is 2. The molecule has 7 nitrogen and oxygen atoms in total. The molecule has 2 heterocycles. The largest absolute Gasteiger partial charge is 0.447 e. The molecular weight excluding hydrogens is 320 g/mol. The molecule has 0 aliphatic carbocycles. The second kappa shape index (κ2) is 6.48. The lowest BCUT2D eigenvalue weighted by molar-refractivity contribution is 0.251. The van der Waals surface area contributed by atoms with E-state index in [1.54, 1.807) is 24.4 Å². The Bertz CT molecular complexity index is 994. The summed E-state index contributed by atoms with van der Waals surface area (Å²) in [5.74, 6) is 1.12. The molecule has 4 aromatic rings. The second-order valence-electron chi connectivity index (χ2n) is 5.34. The summed E-state index contributed by atoms with van der Waals surface area (Å²) >= 11 is 0. The van der Waals surface area contributed by atoms with Gasteiger partial charge in [0.1, 0.15) is 11.3 Å². The molecule has 0 bridgehead atoms. The Morgan fingerprint density at radius 2 is 2.00 bits per heavy atom. The minimum Gasteiger partial charge on any atom is -0.447 e. The van der Waals surface area contributed by atoms with Crippen molar-refractivity contribution in [3.8, 4) is 11.5 Å². The highest BCUT2D eigenvalue weighted by Gasteiger charge is 2.10.